The molecule has 1 heterocycles. The predicted molar refractivity (Wildman–Crippen MR) is 169 cm³/mol. The van der Waals surface area contributed by atoms with Crippen LogP contribution in [0.5, 0.6) is 0 Å². The highest BCUT2D eigenvalue weighted by Crippen LogP contribution is 2.42. The number of hydrogen-bond donors (Lipinski definition) is 1. The van der Waals surface area contributed by atoms with E-state index in [1.807, 2.05) is 7.05 Å². The van der Waals surface area contributed by atoms with Gasteiger partial charge in [0.05, 0.1) is 0 Å². The average molecular weight is 545 g/mol. The number of nitrogens with zero attached hydrogens (tertiary/aromatic N) is 3. The number of carbonyl (C=O) groups is 1. The summed E-state index contributed by atoms with van der Waals surface area (Å²) in [6.07, 6.45) is 8.08. The van der Waals surface area contributed by atoms with Gasteiger partial charge in [-0.1, -0.05) is 50.3 Å². The molecule has 0 spiro atoms. The number of allylic oxidation sites excluding steroid dienone is 5. The zero-order valence-electron chi connectivity index (χ0n) is 25.3. The van der Waals surface area contributed by atoms with Crippen molar-refractivity contribution in [2.45, 2.75) is 39.8 Å². The van der Waals surface area contributed by atoms with Crippen LogP contribution in [0, 0.1) is 6.92 Å². The molecule has 39 heavy (non-hydrogen) atoms. The fraction of sp³-hybridized carbons (Fsp3) is 0.394. The van der Waals surface area contributed by atoms with Crippen LogP contribution in [0.25, 0.3) is 5.57 Å². The second kappa shape index (κ2) is 12.8. The largest absolute Gasteiger partial charge is 0.481 e. The molecule has 0 aromatic heterocycles. The van der Waals surface area contributed by atoms with E-state index in [9.17, 15) is 4.79 Å². The van der Waals surface area contributed by atoms with E-state index < -0.39 is 14.0 Å². The second-order valence-corrected chi connectivity index (χ2v) is 15.8. The molecule has 0 fully saturated rings. The fourth-order valence-corrected chi connectivity index (χ4v) is 8.25. The zero-order chi connectivity index (χ0) is 28.9. The Bertz CT molecular complexity index is 1340. The van der Waals surface area contributed by atoms with Crippen LogP contribution in [0.2, 0.25) is 13.1 Å². The van der Waals surface area contributed by atoms with Crippen molar-refractivity contribution in [1.82, 2.24) is 4.90 Å². The Hall–Kier alpha value is -3.22. The molecule has 5 nitrogen and oxygen atoms in total. The number of benzene rings is 2. The van der Waals surface area contributed by atoms with Crippen molar-refractivity contribution in [3.05, 3.63) is 88.2 Å². The predicted octanol–water partition coefficient (Wildman–Crippen LogP) is 5.34. The van der Waals surface area contributed by atoms with Crippen LogP contribution in [0.1, 0.15) is 36.5 Å². The number of anilines is 1. The van der Waals surface area contributed by atoms with Gasteiger partial charge in [-0.25, -0.2) is 4.58 Å². The Kier molecular flexibility index (Phi) is 9.91. The maximum absolute atomic E-state index is 10.1. The lowest BCUT2D eigenvalue weighted by Gasteiger charge is -2.38. The van der Waals surface area contributed by atoms with Gasteiger partial charge in [0.25, 0.3) is 0 Å². The lowest BCUT2D eigenvalue weighted by molar-refractivity contribution is -0.462. The standard InChI is InChI=1S/C26H31N2Si.C7H15NO2/c1-18-10-8-9-11-21(18)26-22-14-12-19(27(2)3)16-24(22)29(6,7)25-17-20(28(4)5)13-15-23(25)26;1-3-8(2)6-4-5-7(9)10/h8-17H,1-7H3;3-6H2,1-2H3,(H,9,10)/q+1;. The van der Waals surface area contributed by atoms with Crippen LogP contribution in [-0.4, -0.2) is 82.7 Å². The van der Waals surface area contributed by atoms with Crippen molar-refractivity contribution in [3.8, 4) is 0 Å². The highest BCUT2D eigenvalue weighted by atomic mass is 28.3. The van der Waals surface area contributed by atoms with Crippen LogP contribution in [-0.2, 0) is 4.79 Å². The van der Waals surface area contributed by atoms with E-state index in [1.165, 1.54) is 49.6 Å². The van der Waals surface area contributed by atoms with Gasteiger partial charge in [-0.3, -0.25) is 4.79 Å². The molecule has 2 aliphatic rings. The minimum atomic E-state index is -1.85. The van der Waals surface area contributed by atoms with Gasteiger partial charge < -0.3 is 14.9 Å². The van der Waals surface area contributed by atoms with Gasteiger partial charge in [-0.2, -0.15) is 0 Å². The summed E-state index contributed by atoms with van der Waals surface area (Å²) in [7, 11) is 8.65. The normalized spacial score (nSPS) is 15.2. The third-order valence-corrected chi connectivity index (χ3v) is 11.3. The van der Waals surface area contributed by atoms with E-state index in [0.29, 0.717) is 0 Å². The molecule has 1 aliphatic heterocycles. The van der Waals surface area contributed by atoms with Gasteiger partial charge >= 0.3 is 5.97 Å². The molecular weight excluding hydrogens is 498 g/mol. The molecule has 208 valence electrons. The van der Waals surface area contributed by atoms with E-state index in [2.05, 4.69) is 130 Å². The van der Waals surface area contributed by atoms with Crippen molar-refractivity contribution in [2.24, 2.45) is 0 Å². The van der Waals surface area contributed by atoms with Gasteiger partial charge in [0.1, 0.15) is 22.2 Å². The topological polar surface area (TPSA) is 46.8 Å². The first-order valence-corrected chi connectivity index (χ1v) is 16.9. The molecule has 4 rings (SSSR count). The molecule has 0 unspecified atom stereocenters. The minimum Gasteiger partial charge on any atom is -0.481 e. The van der Waals surface area contributed by atoms with Gasteiger partial charge in [-0.15, -0.1) is 0 Å². The maximum Gasteiger partial charge on any atom is 0.303 e. The van der Waals surface area contributed by atoms with Gasteiger partial charge in [0.2, 0.25) is 0 Å². The Balaban J connectivity index is 0.000000360. The molecule has 1 aliphatic carbocycles. The third-order valence-electron chi connectivity index (χ3n) is 7.81. The molecule has 0 saturated heterocycles. The Morgan fingerprint density at radius 3 is 2.28 bits per heavy atom. The molecule has 1 N–H and O–H groups in total. The maximum atomic E-state index is 10.1. The van der Waals surface area contributed by atoms with Crippen molar-refractivity contribution in [1.29, 1.82) is 0 Å². The molecule has 0 radical (unpaired) electrons. The number of rotatable bonds is 7. The average Bonchev–Trinajstić information content (AvgIpc) is 2.89. The van der Waals surface area contributed by atoms with Crippen LogP contribution in [0.15, 0.2) is 71.5 Å². The molecule has 0 bridgehead atoms. The molecule has 6 heteroatoms. The Morgan fingerprint density at radius 1 is 1.00 bits per heavy atom. The summed E-state index contributed by atoms with van der Waals surface area (Å²) < 4.78 is 2.21. The second-order valence-electron chi connectivity index (χ2n) is 11.5. The molecule has 0 amide bonds. The monoisotopic (exact) mass is 544 g/mol. The number of carboxylic acids is 1. The summed E-state index contributed by atoms with van der Waals surface area (Å²) in [6.45, 7) is 11.1. The summed E-state index contributed by atoms with van der Waals surface area (Å²) >= 11 is 0. The molecule has 0 atom stereocenters. The number of hydrogen-bond acceptors (Lipinski definition) is 3. The number of carboxylic acid groups (broad SMARTS) is 1. The van der Waals surface area contributed by atoms with Crippen molar-refractivity contribution < 1.29 is 14.5 Å². The van der Waals surface area contributed by atoms with E-state index in [-0.39, 0.29) is 6.42 Å². The van der Waals surface area contributed by atoms with Crippen LogP contribution in [0.4, 0.5) is 5.69 Å². The van der Waals surface area contributed by atoms with Crippen molar-refractivity contribution >= 4 is 36.2 Å². The lowest BCUT2D eigenvalue weighted by Crippen LogP contribution is -2.49. The van der Waals surface area contributed by atoms with Gasteiger partial charge in [-0.05, 0) is 89.9 Å². The smallest absolute Gasteiger partial charge is 0.303 e. The number of aryl methyl sites for hydroxylation is 1. The Morgan fingerprint density at radius 2 is 1.69 bits per heavy atom. The molecular formula is C33H46N3O2Si+. The Labute approximate surface area is 236 Å². The summed E-state index contributed by atoms with van der Waals surface area (Å²) in [6, 6.07) is 15.8. The zero-order valence-corrected chi connectivity index (χ0v) is 26.3. The van der Waals surface area contributed by atoms with Crippen LogP contribution < -0.4 is 10.1 Å². The number of fused-ring (bicyclic) bond motifs is 2. The number of aliphatic carboxylic acids is 1. The molecule has 2 aromatic carbocycles. The van der Waals surface area contributed by atoms with Gasteiger partial charge in [0.15, 0.2) is 5.71 Å². The van der Waals surface area contributed by atoms with E-state index in [1.54, 1.807) is 0 Å². The van der Waals surface area contributed by atoms with E-state index >= 15 is 0 Å². The summed E-state index contributed by atoms with van der Waals surface area (Å²) in [5.74, 6) is -0.704. The van der Waals surface area contributed by atoms with Crippen LogP contribution >= 0.6 is 0 Å². The van der Waals surface area contributed by atoms with E-state index in [0.717, 1.165) is 19.5 Å². The first-order valence-electron chi connectivity index (χ1n) is 13.9. The minimum absolute atomic E-state index is 0.282. The summed E-state index contributed by atoms with van der Waals surface area (Å²) in [5.41, 5.74) is 9.43. The lowest BCUT2D eigenvalue weighted by atomic mass is 9.87. The van der Waals surface area contributed by atoms with Crippen LogP contribution in [0.3, 0.4) is 0 Å². The van der Waals surface area contributed by atoms with Gasteiger partial charge in [0, 0.05) is 38.4 Å². The highest BCUT2D eigenvalue weighted by Gasteiger charge is 2.40. The summed E-state index contributed by atoms with van der Waals surface area (Å²) in [4.78, 5) is 14.4. The quantitative estimate of drug-likeness (QED) is 0.377. The highest BCUT2D eigenvalue weighted by molar-refractivity contribution is 6.98. The van der Waals surface area contributed by atoms with E-state index in [4.69, 9.17) is 5.11 Å². The fourth-order valence-electron chi connectivity index (χ4n) is 5.18. The first-order chi connectivity index (χ1) is 18.4. The molecule has 2 aromatic rings. The van der Waals surface area contributed by atoms with Crippen molar-refractivity contribution in [2.75, 3.05) is 53.2 Å². The molecule has 0 saturated carbocycles. The first kappa shape index (κ1) is 30.3. The SMILES string of the molecule is CCN(C)CCCC(=O)O.Cc1ccccc1C1=C2C=CC(=[N+](C)C)C=C2[Si](C)(C)c2cc(N(C)C)ccc21. The van der Waals surface area contributed by atoms with Crippen molar-refractivity contribution in [3.63, 3.8) is 0 Å². The summed E-state index contributed by atoms with van der Waals surface area (Å²) in [5, 5.41) is 11.3. The third kappa shape index (κ3) is 6.86.